The van der Waals surface area contributed by atoms with E-state index in [-0.39, 0.29) is 5.41 Å². The lowest BCUT2D eigenvalue weighted by Crippen LogP contribution is -2.34. The molecule has 0 spiro atoms. The maximum absolute atomic E-state index is 3.27. The van der Waals surface area contributed by atoms with Crippen molar-refractivity contribution in [2.75, 3.05) is 0 Å². The van der Waals surface area contributed by atoms with Crippen molar-refractivity contribution in [1.29, 1.82) is 0 Å². The van der Waals surface area contributed by atoms with Crippen LogP contribution in [0.15, 0.2) is 42.5 Å². The van der Waals surface area contributed by atoms with Crippen LogP contribution in [0, 0.1) is 6.07 Å². The lowest BCUT2D eigenvalue weighted by molar-refractivity contribution is 0.331. The highest BCUT2D eigenvalue weighted by Crippen LogP contribution is 2.55. The second kappa shape index (κ2) is 4.72. The summed E-state index contributed by atoms with van der Waals surface area (Å²) in [5, 5.41) is 0. The van der Waals surface area contributed by atoms with E-state index in [2.05, 4.69) is 70.2 Å². The summed E-state index contributed by atoms with van der Waals surface area (Å²) in [5.41, 5.74) is 6.95. The van der Waals surface area contributed by atoms with Crippen LogP contribution >= 0.6 is 0 Å². The van der Waals surface area contributed by atoms with E-state index in [0.29, 0.717) is 10.8 Å². The van der Waals surface area contributed by atoms with Gasteiger partial charge in [-0.25, -0.2) is 0 Å². The van der Waals surface area contributed by atoms with Gasteiger partial charge in [0.1, 0.15) is 0 Å². The van der Waals surface area contributed by atoms with Gasteiger partial charge in [-0.1, -0.05) is 70.2 Å². The largest absolute Gasteiger partial charge is 0.0613 e. The van der Waals surface area contributed by atoms with Crippen molar-refractivity contribution >= 4 is 0 Å². The van der Waals surface area contributed by atoms with Gasteiger partial charge in [0.15, 0.2) is 0 Å². The van der Waals surface area contributed by atoms with Crippen molar-refractivity contribution in [3.63, 3.8) is 0 Å². The highest BCUT2D eigenvalue weighted by molar-refractivity contribution is 5.51. The van der Waals surface area contributed by atoms with Crippen LogP contribution in [-0.2, 0) is 16.2 Å². The Bertz CT molecular complexity index is 730. The first-order valence-corrected chi connectivity index (χ1v) is 8.97. The van der Waals surface area contributed by atoms with Crippen LogP contribution in [-0.4, -0.2) is 0 Å². The molecule has 0 nitrogen and oxygen atoms in total. The summed E-state index contributed by atoms with van der Waals surface area (Å²) in [5.74, 6) is 0. The van der Waals surface area contributed by atoms with Gasteiger partial charge in [0, 0.05) is 5.41 Å². The van der Waals surface area contributed by atoms with Gasteiger partial charge in [0.05, 0.1) is 0 Å². The summed E-state index contributed by atoms with van der Waals surface area (Å²) < 4.78 is 0. The van der Waals surface area contributed by atoms with E-state index in [4.69, 9.17) is 0 Å². The molecule has 0 heteroatoms. The molecule has 4 rings (SSSR count). The average molecular weight is 303 g/mol. The maximum atomic E-state index is 3.27. The Kier molecular flexibility index (Phi) is 3.08. The molecule has 0 amide bonds. The van der Waals surface area contributed by atoms with Gasteiger partial charge in [-0.05, 0) is 64.8 Å². The van der Waals surface area contributed by atoms with Crippen LogP contribution < -0.4 is 0 Å². The van der Waals surface area contributed by atoms with Gasteiger partial charge < -0.3 is 0 Å². The summed E-state index contributed by atoms with van der Waals surface area (Å²) in [7, 11) is 0. The smallest absolute Gasteiger partial charge is 0.0204 e. The third kappa shape index (κ3) is 2.26. The monoisotopic (exact) mass is 303 g/mol. The summed E-state index contributed by atoms with van der Waals surface area (Å²) in [6.07, 6.45) is 5.11. The van der Waals surface area contributed by atoms with Crippen molar-refractivity contribution in [2.24, 2.45) is 0 Å². The predicted octanol–water partition coefficient (Wildman–Crippen LogP) is 5.92. The maximum Gasteiger partial charge on any atom is 0.0204 e. The summed E-state index contributed by atoms with van der Waals surface area (Å²) in [6, 6.07) is 19.2. The van der Waals surface area contributed by atoms with Gasteiger partial charge in [-0.15, -0.1) is 0 Å². The highest BCUT2D eigenvalue weighted by Gasteiger charge is 2.47. The molecular formula is C23H27. The first kappa shape index (κ1) is 15.0. The van der Waals surface area contributed by atoms with E-state index < -0.39 is 0 Å². The third-order valence-corrected chi connectivity index (χ3v) is 6.42. The van der Waals surface area contributed by atoms with E-state index >= 15 is 0 Å². The molecule has 2 aliphatic carbocycles. The quantitative estimate of drug-likeness (QED) is 0.646. The SMILES string of the molecule is CC1(C)CCC(C)(C)c2cc(C3(c4c[c]ccc4)CC3)ccc21. The lowest BCUT2D eigenvalue weighted by atomic mass is 9.62. The third-order valence-electron chi connectivity index (χ3n) is 6.42. The van der Waals surface area contributed by atoms with Gasteiger partial charge in [0.25, 0.3) is 0 Å². The van der Waals surface area contributed by atoms with Crippen molar-refractivity contribution in [3.8, 4) is 0 Å². The minimum absolute atomic E-state index is 0.254. The molecule has 0 bridgehead atoms. The molecule has 0 aromatic heterocycles. The summed E-state index contributed by atoms with van der Waals surface area (Å²) >= 11 is 0. The van der Waals surface area contributed by atoms with Crippen molar-refractivity contribution in [3.05, 3.63) is 70.8 Å². The Morgan fingerprint density at radius 2 is 1.48 bits per heavy atom. The van der Waals surface area contributed by atoms with E-state index in [1.54, 1.807) is 11.1 Å². The van der Waals surface area contributed by atoms with E-state index in [9.17, 15) is 0 Å². The number of fused-ring (bicyclic) bond motifs is 1. The molecule has 0 N–H and O–H groups in total. The van der Waals surface area contributed by atoms with Crippen LogP contribution in [0.4, 0.5) is 0 Å². The zero-order valence-electron chi connectivity index (χ0n) is 14.9. The second-order valence-corrected chi connectivity index (χ2v) is 8.90. The van der Waals surface area contributed by atoms with Gasteiger partial charge in [-0.3, -0.25) is 0 Å². The van der Waals surface area contributed by atoms with Crippen LogP contribution in [0.2, 0.25) is 0 Å². The van der Waals surface area contributed by atoms with Crippen molar-refractivity contribution in [2.45, 2.75) is 69.6 Å². The summed E-state index contributed by atoms with van der Waals surface area (Å²) in [6.45, 7) is 9.64. The highest BCUT2D eigenvalue weighted by atomic mass is 14.5. The van der Waals surface area contributed by atoms with Crippen LogP contribution in [0.1, 0.15) is 75.6 Å². The molecule has 0 atom stereocenters. The van der Waals surface area contributed by atoms with E-state index in [0.717, 1.165) is 0 Å². The van der Waals surface area contributed by atoms with Gasteiger partial charge >= 0.3 is 0 Å². The molecule has 1 saturated carbocycles. The minimum Gasteiger partial charge on any atom is -0.0613 e. The number of hydrogen-bond donors (Lipinski definition) is 0. The molecule has 2 aromatic rings. The molecule has 23 heavy (non-hydrogen) atoms. The Morgan fingerprint density at radius 1 is 0.783 bits per heavy atom. The minimum atomic E-state index is 0.254. The molecule has 2 aromatic carbocycles. The average Bonchev–Trinajstić information content (AvgIpc) is 3.34. The first-order valence-electron chi connectivity index (χ1n) is 8.97. The second-order valence-electron chi connectivity index (χ2n) is 8.90. The molecule has 1 radical (unpaired) electrons. The Morgan fingerprint density at radius 3 is 2.09 bits per heavy atom. The van der Waals surface area contributed by atoms with Crippen molar-refractivity contribution < 1.29 is 0 Å². The molecular weight excluding hydrogens is 276 g/mol. The molecule has 0 saturated heterocycles. The van der Waals surface area contributed by atoms with Crippen LogP contribution in [0.25, 0.3) is 0 Å². The van der Waals surface area contributed by atoms with E-state index in [1.807, 2.05) is 6.07 Å². The van der Waals surface area contributed by atoms with Crippen molar-refractivity contribution in [1.82, 2.24) is 0 Å². The first-order chi connectivity index (χ1) is 10.9. The van der Waals surface area contributed by atoms with Gasteiger partial charge in [-0.2, -0.15) is 0 Å². The molecule has 0 aliphatic heterocycles. The standard InChI is InChI=1S/C23H27/c1-21(2)12-13-22(3,4)20-16-18(10-11-19(20)21)23(14-15-23)17-8-6-5-7-9-17/h5-6,8-11,16H,12-15H2,1-4H3. The fraction of sp³-hybridized carbons (Fsp3) is 0.478. The summed E-state index contributed by atoms with van der Waals surface area (Å²) in [4.78, 5) is 0. The number of hydrogen-bond acceptors (Lipinski definition) is 0. The zero-order valence-corrected chi connectivity index (χ0v) is 14.9. The molecule has 119 valence electrons. The normalized spacial score (nSPS) is 23.1. The fourth-order valence-corrected chi connectivity index (χ4v) is 4.45. The fourth-order valence-electron chi connectivity index (χ4n) is 4.45. The lowest BCUT2D eigenvalue weighted by Gasteiger charge is -2.42. The Hall–Kier alpha value is -1.56. The molecule has 2 aliphatic rings. The Labute approximate surface area is 140 Å². The van der Waals surface area contributed by atoms with E-state index in [1.165, 1.54) is 36.8 Å². The topological polar surface area (TPSA) is 0 Å². The van der Waals surface area contributed by atoms with Crippen LogP contribution in [0.3, 0.4) is 0 Å². The molecule has 1 fully saturated rings. The molecule has 0 heterocycles. The number of rotatable bonds is 2. The zero-order chi connectivity index (χ0) is 16.3. The predicted molar refractivity (Wildman–Crippen MR) is 97.0 cm³/mol. The number of benzene rings is 2. The van der Waals surface area contributed by atoms with Crippen LogP contribution in [0.5, 0.6) is 0 Å². The Balaban J connectivity index is 1.84. The molecule has 0 unspecified atom stereocenters. The van der Waals surface area contributed by atoms with Gasteiger partial charge in [0.2, 0.25) is 0 Å².